The molecule has 0 saturated heterocycles. The number of aromatic amines is 1. The van der Waals surface area contributed by atoms with Crippen LogP contribution < -0.4 is 9.46 Å². The third kappa shape index (κ3) is 3.37. The lowest BCUT2D eigenvalue weighted by Gasteiger charge is -2.10. The van der Waals surface area contributed by atoms with Crippen LogP contribution in [0, 0.1) is 6.92 Å². The van der Waals surface area contributed by atoms with Crippen molar-refractivity contribution >= 4 is 10.0 Å². The highest BCUT2D eigenvalue weighted by Gasteiger charge is 2.15. The highest BCUT2D eigenvalue weighted by atomic mass is 32.2. The van der Waals surface area contributed by atoms with Gasteiger partial charge in [-0.3, -0.25) is 0 Å². The molecule has 6 nitrogen and oxygen atoms in total. The van der Waals surface area contributed by atoms with Gasteiger partial charge >= 0.3 is 0 Å². The number of H-pyrrole nitrogens is 1. The molecule has 0 unspecified atom stereocenters. The van der Waals surface area contributed by atoms with Crippen molar-refractivity contribution in [2.24, 2.45) is 0 Å². The molecule has 0 radical (unpaired) electrons. The third-order valence-electron chi connectivity index (χ3n) is 2.76. The molecule has 1 aromatic heterocycles. The number of imidazole rings is 1. The second-order valence-corrected chi connectivity index (χ2v) is 6.03. The van der Waals surface area contributed by atoms with E-state index in [0.717, 1.165) is 5.56 Å². The molecule has 2 rings (SSSR count). The van der Waals surface area contributed by atoms with Crippen molar-refractivity contribution in [1.82, 2.24) is 14.7 Å². The Kier molecular flexibility index (Phi) is 4.41. The number of nitrogens with one attached hydrogen (secondary N) is 2. The second-order valence-electron chi connectivity index (χ2n) is 4.26. The Morgan fingerprint density at radius 3 is 2.80 bits per heavy atom. The summed E-state index contributed by atoms with van der Waals surface area (Å²) in [7, 11) is -3.54. The zero-order chi connectivity index (χ0) is 14.6. The van der Waals surface area contributed by atoms with Crippen molar-refractivity contribution in [1.29, 1.82) is 0 Å². The van der Waals surface area contributed by atoms with E-state index in [1.165, 1.54) is 12.4 Å². The lowest BCUT2D eigenvalue weighted by Crippen LogP contribution is -2.23. The molecule has 7 heteroatoms. The predicted octanol–water partition coefficient (Wildman–Crippen LogP) is 1.60. The Hall–Kier alpha value is -1.86. The van der Waals surface area contributed by atoms with Gasteiger partial charge in [0, 0.05) is 11.9 Å². The second kappa shape index (κ2) is 6.06. The molecule has 0 aliphatic rings. The first-order valence-corrected chi connectivity index (χ1v) is 7.71. The summed E-state index contributed by atoms with van der Waals surface area (Å²) in [6.07, 6.45) is 3.08. The fourth-order valence-electron chi connectivity index (χ4n) is 1.74. The third-order valence-corrected chi connectivity index (χ3v) is 4.16. The number of sulfonamides is 1. The van der Waals surface area contributed by atoms with Gasteiger partial charge in [-0.2, -0.15) is 0 Å². The van der Waals surface area contributed by atoms with Gasteiger partial charge in [0.05, 0.1) is 24.4 Å². The van der Waals surface area contributed by atoms with Crippen LogP contribution in [0.15, 0.2) is 35.6 Å². The Balaban J connectivity index is 2.14. The Labute approximate surface area is 118 Å². The van der Waals surface area contributed by atoms with Crippen LogP contribution in [0.3, 0.4) is 0 Å². The molecule has 0 fully saturated rings. The van der Waals surface area contributed by atoms with Crippen LogP contribution in [-0.2, 0) is 16.6 Å². The first-order valence-electron chi connectivity index (χ1n) is 6.23. The highest BCUT2D eigenvalue weighted by molar-refractivity contribution is 7.89. The van der Waals surface area contributed by atoms with Crippen molar-refractivity contribution in [2.45, 2.75) is 25.3 Å². The van der Waals surface area contributed by atoms with E-state index < -0.39 is 10.0 Å². The van der Waals surface area contributed by atoms with E-state index in [2.05, 4.69) is 14.7 Å². The molecule has 0 aliphatic carbocycles. The molecule has 108 valence electrons. The zero-order valence-corrected chi connectivity index (χ0v) is 12.2. The quantitative estimate of drug-likeness (QED) is 0.847. The van der Waals surface area contributed by atoms with Crippen LogP contribution in [-0.4, -0.2) is 25.0 Å². The molecule has 0 bridgehead atoms. The molecule has 20 heavy (non-hydrogen) atoms. The van der Waals surface area contributed by atoms with Gasteiger partial charge in [-0.15, -0.1) is 0 Å². The van der Waals surface area contributed by atoms with E-state index >= 15 is 0 Å². The summed E-state index contributed by atoms with van der Waals surface area (Å²) in [5.74, 6) is 0.694. The molecule has 2 N–H and O–H groups in total. The maximum absolute atomic E-state index is 12.2. The molecule has 0 spiro atoms. The number of aryl methyl sites for hydroxylation is 1. The van der Waals surface area contributed by atoms with Gasteiger partial charge in [0.15, 0.2) is 0 Å². The fourth-order valence-corrected chi connectivity index (χ4v) is 2.84. The lowest BCUT2D eigenvalue weighted by molar-refractivity contribution is 0.337. The average molecular weight is 295 g/mol. The topological polar surface area (TPSA) is 84.1 Å². The maximum Gasteiger partial charge on any atom is 0.240 e. The minimum atomic E-state index is -3.54. The smallest absolute Gasteiger partial charge is 0.240 e. The lowest BCUT2D eigenvalue weighted by atomic mass is 10.2. The van der Waals surface area contributed by atoms with Gasteiger partial charge in [0.25, 0.3) is 0 Å². The molecular formula is C13H17N3O3S. The summed E-state index contributed by atoms with van der Waals surface area (Å²) in [6, 6.07) is 4.80. The molecule has 0 aliphatic heterocycles. The first-order chi connectivity index (χ1) is 9.53. The SMILES string of the molecule is CCOc1ccc(S(=O)(=O)NCc2cnc[nH]2)cc1C. The number of hydrogen-bond donors (Lipinski definition) is 2. The number of rotatable bonds is 6. The van der Waals surface area contributed by atoms with Gasteiger partial charge in [-0.05, 0) is 37.6 Å². The minimum absolute atomic E-state index is 0.175. The normalized spacial score (nSPS) is 11.5. The van der Waals surface area contributed by atoms with E-state index in [9.17, 15) is 8.42 Å². The number of aromatic nitrogens is 2. The molecule has 0 amide bonds. The van der Waals surface area contributed by atoms with Crippen molar-refractivity contribution in [3.63, 3.8) is 0 Å². The van der Waals surface area contributed by atoms with E-state index in [1.807, 2.05) is 13.8 Å². The Morgan fingerprint density at radius 2 is 2.20 bits per heavy atom. The molecule has 1 aromatic carbocycles. The van der Waals surface area contributed by atoms with Gasteiger partial charge in [-0.1, -0.05) is 0 Å². The summed E-state index contributed by atoms with van der Waals surface area (Å²) >= 11 is 0. The molecular weight excluding hydrogens is 278 g/mol. The zero-order valence-electron chi connectivity index (χ0n) is 11.4. The van der Waals surface area contributed by atoms with E-state index in [1.54, 1.807) is 18.3 Å². The van der Waals surface area contributed by atoms with E-state index in [0.29, 0.717) is 18.1 Å². The number of nitrogens with zero attached hydrogens (tertiary/aromatic N) is 1. The summed E-state index contributed by atoms with van der Waals surface area (Å²) in [4.78, 5) is 6.90. The van der Waals surface area contributed by atoms with Gasteiger partial charge in [0.2, 0.25) is 10.0 Å². The van der Waals surface area contributed by atoms with Crippen molar-refractivity contribution < 1.29 is 13.2 Å². The van der Waals surface area contributed by atoms with Crippen LogP contribution in [0.4, 0.5) is 0 Å². The van der Waals surface area contributed by atoms with Crippen LogP contribution in [0.2, 0.25) is 0 Å². The summed E-state index contributed by atoms with van der Waals surface area (Å²) in [5, 5.41) is 0. The van der Waals surface area contributed by atoms with Crippen molar-refractivity contribution in [2.75, 3.05) is 6.61 Å². The van der Waals surface area contributed by atoms with Crippen LogP contribution in [0.1, 0.15) is 18.2 Å². The molecule has 0 atom stereocenters. The van der Waals surface area contributed by atoms with E-state index in [-0.39, 0.29) is 11.4 Å². The summed E-state index contributed by atoms with van der Waals surface area (Å²) in [6.45, 7) is 4.43. The Bertz CT molecular complexity index is 666. The monoisotopic (exact) mass is 295 g/mol. The Morgan fingerprint density at radius 1 is 1.40 bits per heavy atom. The highest BCUT2D eigenvalue weighted by Crippen LogP contribution is 2.21. The number of benzene rings is 1. The predicted molar refractivity (Wildman–Crippen MR) is 75.0 cm³/mol. The van der Waals surface area contributed by atoms with Crippen LogP contribution in [0.5, 0.6) is 5.75 Å². The minimum Gasteiger partial charge on any atom is -0.494 e. The van der Waals surface area contributed by atoms with Gasteiger partial charge in [-0.25, -0.2) is 18.1 Å². The van der Waals surface area contributed by atoms with E-state index in [4.69, 9.17) is 4.74 Å². The first kappa shape index (κ1) is 14.5. The molecule has 2 aromatic rings. The summed E-state index contributed by atoms with van der Waals surface area (Å²) in [5.41, 5.74) is 1.49. The molecule has 1 heterocycles. The standard InChI is InChI=1S/C13H17N3O3S/c1-3-19-13-5-4-12(6-10(13)2)20(17,18)16-8-11-7-14-9-15-11/h4-7,9,16H,3,8H2,1-2H3,(H,14,15). The van der Waals surface area contributed by atoms with Crippen LogP contribution in [0.25, 0.3) is 0 Å². The van der Waals surface area contributed by atoms with Crippen molar-refractivity contribution in [3.05, 3.63) is 42.0 Å². The van der Waals surface area contributed by atoms with Gasteiger partial charge in [0.1, 0.15) is 5.75 Å². The summed E-state index contributed by atoms with van der Waals surface area (Å²) < 4.78 is 32.2. The number of ether oxygens (including phenoxy) is 1. The molecule has 0 saturated carbocycles. The fraction of sp³-hybridized carbons (Fsp3) is 0.308. The maximum atomic E-state index is 12.2. The largest absolute Gasteiger partial charge is 0.494 e. The van der Waals surface area contributed by atoms with Gasteiger partial charge < -0.3 is 9.72 Å². The van der Waals surface area contributed by atoms with Crippen LogP contribution >= 0.6 is 0 Å². The number of hydrogen-bond acceptors (Lipinski definition) is 4. The van der Waals surface area contributed by atoms with Crippen molar-refractivity contribution in [3.8, 4) is 5.75 Å². The average Bonchev–Trinajstić information content (AvgIpc) is 2.92.